The molecule has 0 spiro atoms. The fourth-order valence-corrected chi connectivity index (χ4v) is 4.22. The first-order valence-corrected chi connectivity index (χ1v) is 8.18. The van der Waals surface area contributed by atoms with E-state index in [9.17, 15) is 4.79 Å². The molecule has 110 valence electrons. The number of carbonyl (C=O) groups is 1. The molecular weight excluding hydrogens is 270 g/mol. The maximum absolute atomic E-state index is 12.0. The van der Waals surface area contributed by atoms with Gasteiger partial charge in [-0.1, -0.05) is 30.3 Å². The molecule has 1 aliphatic carbocycles. The molecule has 0 aromatic heterocycles. The van der Waals surface area contributed by atoms with Crippen molar-refractivity contribution in [1.29, 1.82) is 0 Å². The Bertz CT molecular complexity index is 437. The van der Waals surface area contributed by atoms with Gasteiger partial charge in [0, 0.05) is 11.0 Å². The Morgan fingerprint density at radius 2 is 2.20 bits per heavy atom. The summed E-state index contributed by atoms with van der Waals surface area (Å²) >= 11 is 1.95. The molecule has 2 unspecified atom stereocenters. The molecule has 0 saturated heterocycles. The number of methoxy groups -OCH3 is 1. The van der Waals surface area contributed by atoms with E-state index in [1.807, 2.05) is 24.9 Å². The Kier molecular flexibility index (Phi) is 5.49. The average Bonchev–Trinajstić information content (AvgIpc) is 2.53. The number of carbonyl (C=O) groups excluding carboxylic acids is 1. The van der Waals surface area contributed by atoms with Gasteiger partial charge in [-0.25, -0.2) is 0 Å². The second kappa shape index (κ2) is 7.14. The summed E-state index contributed by atoms with van der Waals surface area (Å²) in [4.78, 5) is 12.0. The average molecular weight is 293 g/mol. The highest BCUT2D eigenvalue weighted by molar-refractivity contribution is 7.99. The first-order valence-electron chi connectivity index (χ1n) is 7.13. The van der Waals surface area contributed by atoms with Crippen LogP contribution in [0.1, 0.15) is 31.2 Å². The van der Waals surface area contributed by atoms with Gasteiger partial charge in [-0.2, -0.15) is 11.8 Å². The molecule has 0 radical (unpaired) electrons. The van der Waals surface area contributed by atoms with E-state index in [0.29, 0.717) is 5.25 Å². The van der Waals surface area contributed by atoms with Gasteiger partial charge in [0.25, 0.3) is 0 Å². The minimum absolute atomic E-state index is 0.120. The molecular formula is C16H23NO2S. The van der Waals surface area contributed by atoms with Gasteiger partial charge in [-0.3, -0.25) is 4.79 Å². The zero-order valence-electron chi connectivity index (χ0n) is 12.2. The molecule has 0 heterocycles. The van der Waals surface area contributed by atoms with Crippen LogP contribution in [0.25, 0.3) is 0 Å². The highest BCUT2D eigenvalue weighted by Crippen LogP contribution is 2.36. The number of hydrogen-bond acceptors (Lipinski definition) is 4. The Morgan fingerprint density at radius 3 is 2.85 bits per heavy atom. The number of hydrogen-bond donors (Lipinski definition) is 1. The van der Waals surface area contributed by atoms with Gasteiger partial charge in [0.1, 0.15) is 5.54 Å². The van der Waals surface area contributed by atoms with E-state index >= 15 is 0 Å². The number of esters is 1. The van der Waals surface area contributed by atoms with Crippen LogP contribution in [0.5, 0.6) is 0 Å². The van der Waals surface area contributed by atoms with Gasteiger partial charge in [0.05, 0.1) is 7.11 Å². The second-order valence-corrected chi connectivity index (χ2v) is 6.63. The van der Waals surface area contributed by atoms with E-state index in [-0.39, 0.29) is 5.97 Å². The molecule has 1 aromatic carbocycles. The van der Waals surface area contributed by atoms with Gasteiger partial charge in [-0.05, 0) is 38.3 Å². The Morgan fingerprint density at radius 1 is 1.45 bits per heavy atom. The summed E-state index contributed by atoms with van der Waals surface area (Å²) in [7, 11) is 3.34. The van der Waals surface area contributed by atoms with Gasteiger partial charge >= 0.3 is 5.97 Å². The normalized spacial score (nSPS) is 26.2. The lowest BCUT2D eigenvalue weighted by atomic mass is 9.81. The molecule has 0 bridgehead atoms. The molecule has 2 rings (SSSR count). The molecule has 4 heteroatoms. The predicted molar refractivity (Wildman–Crippen MR) is 83.8 cm³/mol. The molecule has 0 amide bonds. The number of likely N-dealkylation sites (N-methyl/N-ethyl adjacent to an activating group) is 1. The lowest BCUT2D eigenvalue weighted by Gasteiger charge is -2.38. The first kappa shape index (κ1) is 15.4. The van der Waals surface area contributed by atoms with Crippen molar-refractivity contribution in [2.75, 3.05) is 14.2 Å². The molecule has 1 N–H and O–H groups in total. The van der Waals surface area contributed by atoms with E-state index in [4.69, 9.17) is 4.74 Å². The molecule has 0 aliphatic heterocycles. The minimum Gasteiger partial charge on any atom is -0.468 e. The standard InChI is InChI=1S/C16H23NO2S/c1-17-16(15(18)19-2)10-6-9-14(11-16)20-12-13-7-4-3-5-8-13/h3-5,7-8,14,17H,6,9-12H2,1-2H3. The van der Waals surface area contributed by atoms with Crippen LogP contribution < -0.4 is 5.32 Å². The quantitative estimate of drug-likeness (QED) is 0.847. The molecule has 1 fully saturated rings. The van der Waals surface area contributed by atoms with Crippen LogP contribution in [0, 0.1) is 0 Å². The van der Waals surface area contributed by atoms with Crippen molar-refractivity contribution in [3.8, 4) is 0 Å². The predicted octanol–water partition coefficient (Wildman–Crippen LogP) is 2.99. The van der Waals surface area contributed by atoms with Gasteiger partial charge < -0.3 is 10.1 Å². The summed E-state index contributed by atoms with van der Waals surface area (Å²) in [6, 6.07) is 10.5. The molecule has 1 saturated carbocycles. The van der Waals surface area contributed by atoms with Crippen LogP contribution in [0.3, 0.4) is 0 Å². The Labute approximate surface area is 125 Å². The van der Waals surface area contributed by atoms with Crippen molar-refractivity contribution in [1.82, 2.24) is 5.32 Å². The van der Waals surface area contributed by atoms with Crippen LogP contribution in [-0.2, 0) is 15.3 Å². The fourth-order valence-electron chi connectivity index (χ4n) is 2.86. The molecule has 1 aromatic rings. The van der Waals surface area contributed by atoms with Crippen LogP contribution in [-0.4, -0.2) is 30.9 Å². The minimum atomic E-state index is -0.485. The number of rotatable bonds is 5. The molecule has 1 aliphatic rings. The van der Waals surface area contributed by atoms with Crippen LogP contribution >= 0.6 is 11.8 Å². The number of thioether (sulfide) groups is 1. The van der Waals surface area contributed by atoms with Gasteiger partial charge in [-0.15, -0.1) is 0 Å². The summed E-state index contributed by atoms with van der Waals surface area (Å²) in [5, 5.41) is 3.72. The highest BCUT2D eigenvalue weighted by atomic mass is 32.2. The zero-order valence-corrected chi connectivity index (χ0v) is 13.0. The van der Waals surface area contributed by atoms with Crippen LogP contribution in [0.4, 0.5) is 0 Å². The third-order valence-corrected chi connectivity index (χ3v) is 5.46. The van der Waals surface area contributed by atoms with Crippen molar-refractivity contribution in [3.63, 3.8) is 0 Å². The number of nitrogens with one attached hydrogen (secondary N) is 1. The molecule has 20 heavy (non-hydrogen) atoms. The summed E-state index contributed by atoms with van der Waals surface area (Å²) in [5.74, 6) is 0.886. The SMILES string of the molecule is CNC1(C(=O)OC)CCCC(SCc2ccccc2)C1. The third-order valence-electron chi connectivity index (χ3n) is 4.09. The largest absolute Gasteiger partial charge is 0.468 e. The van der Waals surface area contributed by atoms with Crippen LogP contribution in [0.15, 0.2) is 30.3 Å². The third kappa shape index (κ3) is 3.55. The smallest absolute Gasteiger partial charge is 0.326 e. The lowest BCUT2D eigenvalue weighted by molar-refractivity contribution is -0.149. The van der Waals surface area contributed by atoms with Crippen molar-refractivity contribution in [2.45, 2.75) is 42.2 Å². The maximum atomic E-state index is 12.0. The van der Waals surface area contributed by atoms with Gasteiger partial charge in [0.15, 0.2) is 0 Å². The lowest BCUT2D eigenvalue weighted by Crippen LogP contribution is -2.54. The Hall–Kier alpha value is -1.00. The monoisotopic (exact) mass is 293 g/mol. The summed E-state index contributed by atoms with van der Waals surface area (Å²) < 4.78 is 4.98. The first-order chi connectivity index (χ1) is 9.70. The highest BCUT2D eigenvalue weighted by Gasteiger charge is 2.42. The number of benzene rings is 1. The zero-order chi connectivity index (χ0) is 14.4. The molecule has 2 atom stereocenters. The van der Waals surface area contributed by atoms with Gasteiger partial charge in [0.2, 0.25) is 0 Å². The van der Waals surface area contributed by atoms with Crippen molar-refractivity contribution in [2.24, 2.45) is 0 Å². The van der Waals surface area contributed by atoms with Crippen molar-refractivity contribution in [3.05, 3.63) is 35.9 Å². The maximum Gasteiger partial charge on any atom is 0.326 e. The second-order valence-electron chi connectivity index (χ2n) is 5.34. The van der Waals surface area contributed by atoms with E-state index in [0.717, 1.165) is 25.0 Å². The topological polar surface area (TPSA) is 38.3 Å². The van der Waals surface area contributed by atoms with Crippen molar-refractivity contribution < 1.29 is 9.53 Å². The summed E-state index contributed by atoms with van der Waals surface area (Å²) in [5.41, 5.74) is 0.859. The summed E-state index contributed by atoms with van der Waals surface area (Å²) in [6.07, 6.45) is 3.98. The van der Waals surface area contributed by atoms with E-state index in [2.05, 4.69) is 29.6 Å². The molecule has 3 nitrogen and oxygen atoms in total. The fraction of sp³-hybridized carbons (Fsp3) is 0.562. The summed E-state index contributed by atoms with van der Waals surface area (Å²) in [6.45, 7) is 0. The van der Waals surface area contributed by atoms with Crippen molar-refractivity contribution >= 4 is 17.7 Å². The van der Waals surface area contributed by atoms with E-state index < -0.39 is 5.54 Å². The number of ether oxygens (including phenoxy) is 1. The Balaban J connectivity index is 1.94. The van der Waals surface area contributed by atoms with Crippen LogP contribution in [0.2, 0.25) is 0 Å². The van der Waals surface area contributed by atoms with E-state index in [1.165, 1.54) is 19.1 Å². The van der Waals surface area contributed by atoms with E-state index in [1.54, 1.807) is 0 Å².